The van der Waals surface area contributed by atoms with Crippen LogP contribution in [0.4, 0.5) is 11.5 Å². The Hall–Kier alpha value is -4.35. The largest absolute Gasteiger partial charge is 0.477 e. The summed E-state index contributed by atoms with van der Waals surface area (Å²) in [4.78, 5) is 51.9. The summed E-state index contributed by atoms with van der Waals surface area (Å²) in [7, 11) is 4.89. The zero-order valence-corrected chi connectivity index (χ0v) is 17.7. The predicted molar refractivity (Wildman–Crippen MR) is 115 cm³/mol. The van der Waals surface area contributed by atoms with Gasteiger partial charge in [-0.25, -0.2) is 9.78 Å². The minimum Gasteiger partial charge on any atom is -0.477 e. The highest BCUT2D eigenvalue weighted by Gasteiger charge is 2.18. The number of aromatic nitrogens is 4. The van der Waals surface area contributed by atoms with Crippen LogP contribution in [0, 0.1) is 0 Å². The number of nitrogens with one attached hydrogen (secondary N) is 3. The molecule has 3 aromatic heterocycles. The highest BCUT2D eigenvalue weighted by molar-refractivity contribution is 6.03. The minimum absolute atomic E-state index is 0.0207. The molecule has 32 heavy (non-hydrogen) atoms. The van der Waals surface area contributed by atoms with E-state index in [2.05, 4.69) is 20.9 Å². The number of aromatic carboxylic acids is 1. The quantitative estimate of drug-likeness (QED) is 0.406. The monoisotopic (exact) mass is 441 g/mol. The number of amides is 3. The molecule has 0 bridgehead atoms. The molecule has 0 aliphatic heterocycles. The van der Waals surface area contributed by atoms with Gasteiger partial charge in [-0.3, -0.25) is 14.4 Å². The molecule has 0 aliphatic carbocycles. The van der Waals surface area contributed by atoms with E-state index in [0.29, 0.717) is 11.4 Å². The molecule has 0 aromatic carbocycles. The van der Waals surface area contributed by atoms with Gasteiger partial charge in [0, 0.05) is 52.7 Å². The van der Waals surface area contributed by atoms with E-state index in [-0.39, 0.29) is 42.1 Å². The SMILES string of the molecule is Cn1cc(NC(=O)c2nc(NC(=O)CCNC(=O)c3cccn3C)cn2C)cc1C(=O)O. The number of anilines is 2. The van der Waals surface area contributed by atoms with Gasteiger partial charge in [0.25, 0.3) is 11.8 Å². The minimum atomic E-state index is -1.12. The van der Waals surface area contributed by atoms with Crippen molar-refractivity contribution in [2.75, 3.05) is 17.2 Å². The molecule has 3 rings (SSSR count). The standard InChI is InChI=1S/C20H23N7O5/c1-25-8-4-5-13(25)18(29)21-7-6-16(28)23-15-11-27(3)17(24-15)19(30)22-12-9-14(20(31)32)26(2)10-12/h4-5,8-11H,6-7H2,1-3H3,(H,21,29)(H,22,30)(H,23,28)(H,31,32). The molecule has 12 heteroatoms. The Labute approximate surface area is 182 Å². The number of imidazole rings is 1. The molecular weight excluding hydrogens is 418 g/mol. The number of carbonyl (C=O) groups is 4. The van der Waals surface area contributed by atoms with Crippen molar-refractivity contribution in [2.24, 2.45) is 21.1 Å². The van der Waals surface area contributed by atoms with E-state index < -0.39 is 11.9 Å². The molecule has 0 unspecified atom stereocenters. The summed E-state index contributed by atoms with van der Waals surface area (Å²) >= 11 is 0. The number of aryl methyl sites for hydroxylation is 3. The van der Waals surface area contributed by atoms with Crippen molar-refractivity contribution in [2.45, 2.75) is 6.42 Å². The fourth-order valence-electron chi connectivity index (χ4n) is 3.05. The van der Waals surface area contributed by atoms with Crippen molar-refractivity contribution in [1.29, 1.82) is 0 Å². The van der Waals surface area contributed by atoms with Gasteiger partial charge in [0.15, 0.2) is 5.82 Å². The Morgan fingerprint density at radius 2 is 1.72 bits per heavy atom. The molecule has 0 radical (unpaired) electrons. The molecule has 0 spiro atoms. The summed E-state index contributed by atoms with van der Waals surface area (Å²) in [6.07, 6.45) is 4.72. The first kappa shape index (κ1) is 22.3. The lowest BCUT2D eigenvalue weighted by Crippen LogP contribution is -2.29. The van der Waals surface area contributed by atoms with Crippen LogP contribution in [0.1, 0.15) is 38.0 Å². The maximum absolute atomic E-state index is 12.5. The highest BCUT2D eigenvalue weighted by atomic mass is 16.4. The first-order valence-corrected chi connectivity index (χ1v) is 9.59. The van der Waals surface area contributed by atoms with Crippen LogP contribution >= 0.6 is 0 Å². The number of hydrogen-bond acceptors (Lipinski definition) is 5. The molecule has 168 valence electrons. The Kier molecular flexibility index (Phi) is 6.42. The lowest BCUT2D eigenvalue weighted by Gasteiger charge is -2.06. The van der Waals surface area contributed by atoms with Crippen LogP contribution in [0.15, 0.2) is 36.8 Å². The molecule has 0 fully saturated rings. The van der Waals surface area contributed by atoms with Crippen LogP contribution in [0.25, 0.3) is 0 Å². The van der Waals surface area contributed by atoms with Gasteiger partial charge < -0.3 is 34.8 Å². The summed E-state index contributed by atoms with van der Waals surface area (Å²) < 4.78 is 4.48. The van der Waals surface area contributed by atoms with Crippen LogP contribution in [0.3, 0.4) is 0 Å². The van der Waals surface area contributed by atoms with E-state index in [9.17, 15) is 19.2 Å². The fourth-order valence-corrected chi connectivity index (χ4v) is 3.05. The summed E-state index contributed by atoms with van der Waals surface area (Å²) in [5.41, 5.74) is 0.810. The van der Waals surface area contributed by atoms with Gasteiger partial charge in [0.05, 0.1) is 5.69 Å². The second-order valence-electron chi connectivity index (χ2n) is 7.10. The zero-order valence-electron chi connectivity index (χ0n) is 17.7. The van der Waals surface area contributed by atoms with Crippen molar-refractivity contribution in [3.8, 4) is 0 Å². The van der Waals surface area contributed by atoms with Crippen LogP contribution < -0.4 is 16.0 Å². The average molecular weight is 441 g/mol. The van der Waals surface area contributed by atoms with Gasteiger partial charge in [-0.15, -0.1) is 0 Å². The van der Waals surface area contributed by atoms with Crippen molar-refractivity contribution in [3.05, 3.63) is 54.0 Å². The first-order valence-electron chi connectivity index (χ1n) is 9.59. The van der Waals surface area contributed by atoms with Gasteiger partial charge >= 0.3 is 5.97 Å². The average Bonchev–Trinajstić information content (AvgIpc) is 3.40. The molecule has 0 atom stereocenters. The maximum Gasteiger partial charge on any atom is 0.352 e. The first-order chi connectivity index (χ1) is 15.2. The van der Waals surface area contributed by atoms with Gasteiger partial charge in [-0.1, -0.05) is 0 Å². The Morgan fingerprint density at radius 3 is 2.34 bits per heavy atom. The maximum atomic E-state index is 12.5. The second kappa shape index (κ2) is 9.20. The smallest absolute Gasteiger partial charge is 0.352 e. The third-order valence-corrected chi connectivity index (χ3v) is 4.64. The van der Waals surface area contributed by atoms with Gasteiger partial charge in [-0.05, 0) is 18.2 Å². The molecule has 4 N–H and O–H groups in total. The van der Waals surface area contributed by atoms with Gasteiger partial charge in [-0.2, -0.15) is 0 Å². The lowest BCUT2D eigenvalue weighted by atomic mass is 10.3. The van der Waals surface area contributed by atoms with Crippen molar-refractivity contribution >= 4 is 35.2 Å². The topological polar surface area (TPSA) is 152 Å². The molecule has 3 aromatic rings. The predicted octanol–water partition coefficient (Wildman–Crippen LogP) is 0.806. The second-order valence-corrected chi connectivity index (χ2v) is 7.10. The van der Waals surface area contributed by atoms with Crippen molar-refractivity contribution in [1.82, 2.24) is 24.0 Å². The van der Waals surface area contributed by atoms with E-state index in [1.165, 1.54) is 27.6 Å². The van der Waals surface area contributed by atoms with E-state index in [1.54, 1.807) is 44.0 Å². The highest BCUT2D eigenvalue weighted by Crippen LogP contribution is 2.15. The van der Waals surface area contributed by atoms with Gasteiger partial charge in [0.1, 0.15) is 11.4 Å². The third kappa shape index (κ3) is 5.03. The van der Waals surface area contributed by atoms with Crippen LogP contribution in [-0.4, -0.2) is 54.0 Å². The van der Waals surface area contributed by atoms with Crippen molar-refractivity contribution < 1.29 is 24.3 Å². The summed E-state index contributed by atoms with van der Waals surface area (Å²) in [5.74, 6) is -2.14. The molecule has 0 aliphatic rings. The number of hydrogen-bond donors (Lipinski definition) is 4. The van der Waals surface area contributed by atoms with E-state index in [4.69, 9.17) is 5.11 Å². The summed E-state index contributed by atoms with van der Waals surface area (Å²) in [6, 6.07) is 4.75. The number of carboxylic acids is 1. The van der Waals surface area contributed by atoms with E-state index >= 15 is 0 Å². The Balaban J connectivity index is 1.54. The number of carboxylic acid groups (broad SMARTS) is 1. The molecular formula is C20H23N7O5. The van der Waals surface area contributed by atoms with E-state index in [1.807, 2.05) is 0 Å². The molecule has 12 nitrogen and oxygen atoms in total. The van der Waals surface area contributed by atoms with Crippen LogP contribution in [0.5, 0.6) is 0 Å². The lowest BCUT2D eigenvalue weighted by molar-refractivity contribution is -0.116. The zero-order chi connectivity index (χ0) is 23.4. The van der Waals surface area contributed by atoms with Crippen LogP contribution in [-0.2, 0) is 25.9 Å². The van der Waals surface area contributed by atoms with Crippen molar-refractivity contribution in [3.63, 3.8) is 0 Å². The van der Waals surface area contributed by atoms with E-state index in [0.717, 1.165) is 0 Å². The summed E-state index contributed by atoms with van der Waals surface area (Å²) in [6.45, 7) is 0.135. The molecule has 3 heterocycles. The molecule has 0 saturated carbocycles. The van der Waals surface area contributed by atoms with Gasteiger partial charge in [0.2, 0.25) is 11.7 Å². The molecule has 0 saturated heterocycles. The fraction of sp³-hybridized carbons (Fsp3) is 0.250. The Bertz CT molecular complexity index is 1190. The normalized spacial score (nSPS) is 10.6. The summed E-state index contributed by atoms with van der Waals surface area (Å²) in [5, 5.41) is 16.9. The van der Waals surface area contributed by atoms with Crippen LogP contribution in [0.2, 0.25) is 0 Å². The Morgan fingerprint density at radius 1 is 0.969 bits per heavy atom. The number of carbonyl (C=O) groups excluding carboxylic acids is 3. The third-order valence-electron chi connectivity index (χ3n) is 4.64. The molecule has 3 amide bonds. The number of nitrogens with zero attached hydrogens (tertiary/aromatic N) is 4. The number of rotatable bonds is 8.